The summed E-state index contributed by atoms with van der Waals surface area (Å²) in [5, 5.41) is 15.1. The molecule has 2 amide bonds. The van der Waals surface area contributed by atoms with E-state index in [9.17, 15) is 9.90 Å². The molecular formula is C16H19N3O3S. The van der Waals surface area contributed by atoms with Gasteiger partial charge in [0.25, 0.3) is 0 Å². The summed E-state index contributed by atoms with van der Waals surface area (Å²) in [5.41, 5.74) is 0.708. The summed E-state index contributed by atoms with van der Waals surface area (Å²) in [6.07, 6.45) is 3.65. The third-order valence-corrected chi connectivity index (χ3v) is 4.42. The van der Waals surface area contributed by atoms with Crippen LogP contribution in [0.1, 0.15) is 18.4 Å². The molecule has 3 rings (SSSR count). The highest BCUT2D eigenvalue weighted by atomic mass is 32.1. The normalized spacial score (nSPS) is 17.1. The number of thiazole rings is 1. The fourth-order valence-electron chi connectivity index (χ4n) is 2.56. The SMILES string of the molecule is O=C(Nc1nccs1)N(Cc1ccccc1O)CC1CCCO1. The van der Waals surface area contributed by atoms with E-state index in [0.29, 0.717) is 23.8 Å². The molecule has 0 bridgehead atoms. The van der Waals surface area contributed by atoms with Gasteiger partial charge in [0.05, 0.1) is 12.6 Å². The van der Waals surface area contributed by atoms with E-state index in [1.165, 1.54) is 11.3 Å². The Balaban J connectivity index is 1.72. The molecule has 23 heavy (non-hydrogen) atoms. The minimum atomic E-state index is -0.237. The first-order valence-electron chi connectivity index (χ1n) is 7.56. The zero-order valence-electron chi connectivity index (χ0n) is 12.6. The largest absolute Gasteiger partial charge is 0.508 e. The summed E-state index contributed by atoms with van der Waals surface area (Å²) < 4.78 is 5.64. The van der Waals surface area contributed by atoms with Crippen molar-refractivity contribution in [3.8, 4) is 5.75 Å². The number of urea groups is 1. The van der Waals surface area contributed by atoms with Gasteiger partial charge in [-0.2, -0.15) is 0 Å². The molecule has 1 fully saturated rings. The summed E-state index contributed by atoms with van der Waals surface area (Å²) in [4.78, 5) is 18.3. The Bertz CT molecular complexity index is 642. The van der Waals surface area contributed by atoms with E-state index in [1.54, 1.807) is 23.2 Å². The molecular weight excluding hydrogens is 314 g/mol. The van der Waals surface area contributed by atoms with Gasteiger partial charge < -0.3 is 14.7 Å². The van der Waals surface area contributed by atoms with Crippen molar-refractivity contribution in [3.05, 3.63) is 41.4 Å². The van der Waals surface area contributed by atoms with Crippen LogP contribution in [0.2, 0.25) is 0 Å². The lowest BCUT2D eigenvalue weighted by Crippen LogP contribution is -2.39. The summed E-state index contributed by atoms with van der Waals surface area (Å²) in [6.45, 7) is 1.55. The molecule has 1 aromatic carbocycles. The van der Waals surface area contributed by atoms with Gasteiger partial charge in [-0.15, -0.1) is 11.3 Å². The zero-order valence-corrected chi connectivity index (χ0v) is 13.5. The summed E-state index contributed by atoms with van der Waals surface area (Å²) in [7, 11) is 0. The van der Waals surface area contributed by atoms with Crippen LogP contribution in [-0.4, -0.2) is 40.3 Å². The second-order valence-electron chi connectivity index (χ2n) is 5.41. The number of hydrogen-bond donors (Lipinski definition) is 2. The molecule has 6 nitrogen and oxygen atoms in total. The van der Waals surface area contributed by atoms with Crippen molar-refractivity contribution in [1.82, 2.24) is 9.88 Å². The molecule has 0 spiro atoms. The summed E-state index contributed by atoms with van der Waals surface area (Å²) >= 11 is 1.37. The molecule has 0 saturated carbocycles. The lowest BCUT2D eigenvalue weighted by Gasteiger charge is -2.25. The van der Waals surface area contributed by atoms with E-state index < -0.39 is 0 Å². The van der Waals surface area contributed by atoms with Gasteiger partial charge in [0.15, 0.2) is 5.13 Å². The third-order valence-electron chi connectivity index (χ3n) is 3.73. The first-order valence-corrected chi connectivity index (χ1v) is 8.44. The molecule has 2 heterocycles. The Labute approximate surface area is 138 Å². The Hall–Kier alpha value is -2.12. The van der Waals surface area contributed by atoms with Crippen LogP contribution in [0, 0.1) is 0 Å². The zero-order chi connectivity index (χ0) is 16.1. The highest BCUT2D eigenvalue weighted by molar-refractivity contribution is 7.13. The Morgan fingerprint density at radius 3 is 3.04 bits per heavy atom. The number of para-hydroxylation sites is 1. The van der Waals surface area contributed by atoms with Crippen molar-refractivity contribution >= 4 is 22.5 Å². The lowest BCUT2D eigenvalue weighted by molar-refractivity contribution is 0.0817. The number of aromatic hydroxyl groups is 1. The maximum Gasteiger partial charge on any atom is 0.324 e. The highest BCUT2D eigenvalue weighted by Crippen LogP contribution is 2.21. The average molecular weight is 333 g/mol. The molecule has 1 aliphatic rings. The smallest absolute Gasteiger partial charge is 0.324 e. The van der Waals surface area contributed by atoms with Gasteiger partial charge in [-0.3, -0.25) is 5.32 Å². The number of phenols is 1. The lowest BCUT2D eigenvalue weighted by atomic mass is 10.1. The minimum absolute atomic E-state index is 0.0444. The van der Waals surface area contributed by atoms with Gasteiger partial charge in [-0.25, -0.2) is 9.78 Å². The Morgan fingerprint density at radius 2 is 2.35 bits per heavy atom. The molecule has 0 aliphatic carbocycles. The second kappa shape index (κ2) is 7.43. The van der Waals surface area contributed by atoms with Crippen LogP contribution in [0.15, 0.2) is 35.8 Å². The number of anilines is 1. The van der Waals surface area contributed by atoms with E-state index in [1.807, 2.05) is 17.5 Å². The van der Waals surface area contributed by atoms with E-state index in [4.69, 9.17) is 4.74 Å². The highest BCUT2D eigenvalue weighted by Gasteiger charge is 2.24. The van der Waals surface area contributed by atoms with Crippen molar-refractivity contribution in [2.24, 2.45) is 0 Å². The molecule has 1 saturated heterocycles. The predicted molar refractivity (Wildman–Crippen MR) is 88.6 cm³/mol. The van der Waals surface area contributed by atoms with E-state index in [2.05, 4.69) is 10.3 Å². The molecule has 1 atom stereocenters. The number of carbonyl (C=O) groups is 1. The van der Waals surface area contributed by atoms with E-state index >= 15 is 0 Å². The number of rotatable bonds is 5. The van der Waals surface area contributed by atoms with Crippen molar-refractivity contribution in [1.29, 1.82) is 0 Å². The average Bonchev–Trinajstić information content (AvgIpc) is 3.22. The van der Waals surface area contributed by atoms with Crippen molar-refractivity contribution in [3.63, 3.8) is 0 Å². The van der Waals surface area contributed by atoms with E-state index in [-0.39, 0.29) is 17.9 Å². The van der Waals surface area contributed by atoms with Gasteiger partial charge in [0.2, 0.25) is 0 Å². The third kappa shape index (κ3) is 4.20. The summed E-state index contributed by atoms with van der Waals surface area (Å²) in [6, 6.07) is 6.81. The van der Waals surface area contributed by atoms with Crippen LogP contribution in [0.3, 0.4) is 0 Å². The first kappa shape index (κ1) is 15.8. The quantitative estimate of drug-likeness (QED) is 0.882. The number of amides is 2. The minimum Gasteiger partial charge on any atom is -0.508 e. The van der Waals surface area contributed by atoms with Crippen LogP contribution in [0.25, 0.3) is 0 Å². The monoisotopic (exact) mass is 333 g/mol. The van der Waals surface area contributed by atoms with Gasteiger partial charge in [-0.05, 0) is 18.9 Å². The number of ether oxygens (including phenoxy) is 1. The van der Waals surface area contributed by atoms with Crippen LogP contribution in [-0.2, 0) is 11.3 Å². The maximum atomic E-state index is 12.6. The van der Waals surface area contributed by atoms with Crippen LogP contribution in [0.5, 0.6) is 5.75 Å². The molecule has 1 unspecified atom stereocenters. The van der Waals surface area contributed by atoms with Gasteiger partial charge in [-0.1, -0.05) is 18.2 Å². The standard InChI is InChI=1S/C16H19N3O3S/c20-14-6-2-1-4-12(14)10-19(11-13-5-3-8-22-13)16(21)18-15-17-7-9-23-15/h1-2,4,6-7,9,13,20H,3,5,8,10-11H2,(H,17,18,21). The Kier molecular flexibility index (Phi) is 5.09. The molecule has 0 radical (unpaired) electrons. The second-order valence-corrected chi connectivity index (χ2v) is 6.31. The first-order chi connectivity index (χ1) is 11.2. The number of nitrogens with one attached hydrogen (secondary N) is 1. The number of aromatic nitrogens is 1. The molecule has 122 valence electrons. The van der Waals surface area contributed by atoms with Crippen molar-refractivity contribution < 1.29 is 14.6 Å². The number of nitrogens with zero attached hydrogens (tertiary/aromatic N) is 2. The van der Waals surface area contributed by atoms with Gasteiger partial charge in [0.1, 0.15) is 5.75 Å². The number of carbonyl (C=O) groups excluding carboxylic acids is 1. The molecule has 7 heteroatoms. The number of benzene rings is 1. The fourth-order valence-corrected chi connectivity index (χ4v) is 3.08. The number of phenolic OH excluding ortho intramolecular Hbond substituents is 1. The van der Waals surface area contributed by atoms with Gasteiger partial charge >= 0.3 is 6.03 Å². The van der Waals surface area contributed by atoms with E-state index in [0.717, 1.165) is 19.4 Å². The molecule has 2 N–H and O–H groups in total. The van der Waals surface area contributed by atoms with Gasteiger partial charge in [0, 0.05) is 30.3 Å². The molecule has 1 aliphatic heterocycles. The molecule has 1 aromatic heterocycles. The Morgan fingerprint density at radius 1 is 1.48 bits per heavy atom. The predicted octanol–water partition coefficient (Wildman–Crippen LogP) is 3.06. The maximum absolute atomic E-state index is 12.6. The van der Waals surface area contributed by atoms with Crippen LogP contribution >= 0.6 is 11.3 Å². The van der Waals surface area contributed by atoms with Crippen LogP contribution < -0.4 is 5.32 Å². The van der Waals surface area contributed by atoms with Crippen molar-refractivity contribution in [2.45, 2.75) is 25.5 Å². The summed E-state index contributed by atoms with van der Waals surface area (Å²) in [5.74, 6) is 0.187. The number of hydrogen-bond acceptors (Lipinski definition) is 5. The fraction of sp³-hybridized carbons (Fsp3) is 0.375. The molecule has 2 aromatic rings. The van der Waals surface area contributed by atoms with Crippen molar-refractivity contribution in [2.75, 3.05) is 18.5 Å². The topological polar surface area (TPSA) is 74.7 Å². The van der Waals surface area contributed by atoms with Crippen LogP contribution in [0.4, 0.5) is 9.93 Å².